The molecule has 84 valence electrons. The minimum absolute atomic E-state index is 0.0711. The molecule has 0 aliphatic carbocycles. The van der Waals surface area contributed by atoms with Crippen LogP contribution in [0.3, 0.4) is 0 Å². The van der Waals surface area contributed by atoms with Crippen LogP contribution in [0.4, 0.5) is 8.78 Å². The molecule has 0 radical (unpaired) electrons. The summed E-state index contributed by atoms with van der Waals surface area (Å²) < 4.78 is 27.0. The van der Waals surface area contributed by atoms with Crippen LogP contribution in [0.5, 0.6) is 0 Å². The first-order chi connectivity index (χ1) is 7.10. The zero-order valence-corrected chi connectivity index (χ0v) is 9.34. The fraction of sp³-hybridized carbons (Fsp3) is 0.538. The maximum atomic E-state index is 13.5. The van der Waals surface area contributed by atoms with Crippen LogP contribution in [0.25, 0.3) is 0 Å². The van der Waals surface area contributed by atoms with Gasteiger partial charge in [-0.1, -0.05) is 44.2 Å². The van der Waals surface area contributed by atoms with Gasteiger partial charge in [0, 0.05) is 12.3 Å². The van der Waals surface area contributed by atoms with Crippen molar-refractivity contribution in [3.05, 3.63) is 35.9 Å². The SMILES string of the molecule is CCC(Cc1ccccc1)C(F)(F)CC. The molecule has 0 aromatic heterocycles. The molecule has 0 fully saturated rings. The second-order valence-corrected chi connectivity index (χ2v) is 3.91. The van der Waals surface area contributed by atoms with Crippen LogP contribution in [-0.2, 0) is 6.42 Å². The molecule has 0 nitrogen and oxygen atoms in total. The van der Waals surface area contributed by atoms with E-state index < -0.39 is 11.8 Å². The van der Waals surface area contributed by atoms with E-state index in [0.717, 1.165) is 5.56 Å². The molecule has 0 bridgehead atoms. The molecule has 0 N–H and O–H groups in total. The zero-order valence-electron chi connectivity index (χ0n) is 9.34. The van der Waals surface area contributed by atoms with Gasteiger partial charge in [0.25, 0.3) is 5.92 Å². The number of alkyl halides is 2. The van der Waals surface area contributed by atoms with E-state index in [-0.39, 0.29) is 6.42 Å². The Hall–Kier alpha value is -0.920. The first kappa shape index (κ1) is 12.2. The van der Waals surface area contributed by atoms with E-state index in [0.29, 0.717) is 12.8 Å². The lowest BCUT2D eigenvalue weighted by Gasteiger charge is -2.24. The fourth-order valence-corrected chi connectivity index (χ4v) is 1.78. The molecule has 1 aromatic carbocycles. The van der Waals surface area contributed by atoms with Gasteiger partial charge in [0.05, 0.1) is 0 Å². The van der Waals surface area contributed by atoms with Gasteiger partial charge in [0.15, 0.2) is 0 Å². The summed E-state index contributed by atoms with van der Waals surface area (Å²) in [6.07, 6.45) is 0.923. The molecule has 1 atom stereocenters. The summed E-state index contributed by atoms with van der Waals surface area (Å²) in [6.45, 7) is 3.38. The Kier molecular flexibility index (Phi) is 4.25. The van der Waals surface area contributed by atoms with Gasteiger partial charge >= 0.3 is 0 Å². The Morgan fingerprint density at radius 1 is 1.13 bits per heavy atom. The van der Waals surface area contributed by atoms with Crippen LogP contribution < -0.4 is 0 Å². The maximum absolute atomic E-state index is 13.5. The van der Waals surface area contributed by atoms with Crippen LogP contribution in [0.2, 0.25) is 0 Å². The van der Waals surface area contributed by atoms with Crippen molar-refractivity contribution in [1.29, 1.82) is 0 Å². The smallest absolute Gasteiger partial charge is 0.207 e. The van der Waals surface area contributed by atoms with E-state index in [1.807, 2.05) is 37.3 Å². The molecule has 0 amide bonds. The van der Waals surface area contributed by atoms with E-state index in [2.05, 4.69) is 0 Å². The van der Waals surface area contributed by atoms with Crippen molar-refractivity contribution < 1.29 is 8.78 Å². The number of halogens is 2. The normalized spacial score (nSPS) is 13.9. The van der Waals surface area contributed by atoms with Crippen LogP contribution in [0.1, 0.15) is 32.3 Å². The van der Waals surface area contributed by atoms with Gasteiger partial charge in [-0.3, -0.25) is 0 Å². The fourth-order valence-electron chi connectivity index (χ4n) is 1.78. The van der Waals surface area contributed by atoms with E-state index in [9.17, 15) is 8.78 Å². The monoisotopic (exact) mass is 212 g/mol. The standard InChI is InChI=1S/C13H18F2/c1-3-12(13(14,15)4-2)10-11-8-6-5-7-9-11/h5-9,12H,3-4,10H2,1-2H3. The summed E-state index contributed by atoms with van der Waals surface area (Å²) in [5.41, 5.74) is 0.998. The Morgan fingerprint density at radius 2 is 1.73 bits per heavy atom. The first-order valence-electron chi connectivity index (χ1n) is 5.52. The lowest BCUT2D eigenvalue weighted by atomic mass is 9.89. The molecule has 0 aliphatic heterocycles. The molecule has 0 aliphatic rings. The molecule has 1 aromatic rings. The van der Waals surface area contributed by atoms with Gasteiger partial charge < -0.3 is 0 Å². The summed E-state index contributed by atoms with van der Waals surface area (Å²) in [6, 6.07) is 9.52. The van der Waals surface area contributed by atoms with Crippen LogP contribution in [-0.4, -0.2) is 5.92 Å². The maximum Gasteiger partial charge on any atom is 0.250 e. The second-order valence-electron chi connectivity index (χ2n) is 3.91. The predicted molar refractivity (Wildman–Crippen MR) is 59.2 cm³/mol. The minimum Gasteiger partial charge on any atom is -0.207 e. The summed E-state index contributed by atoms with van der Waals surface area (Å²) in [7, 11) is 0. The van der Waals surface area contributed by atoms with Crippen molar-refractivity contribution in [2.45, 2.75) is 39.0 Å². The minimum atomic E-state index is -2.54. The largest absolute Gasteiger partial charge is 0.250 e. The molecule has 0 saturated heterocycles. The van der Waals surface area contributed by atoms with E-state index in [1.165, 1.54) is 0 Å². The van der Waals surface area contributed by atoms with E-state index in [1.54, 1.807) is 6.92 Å². The Morgan fingerprint density at radius 3 is 2.20 bits per heavy atom. The topological polar surface area (TPSA) is 0 Å². The number of rotatable bonds is 5. The summed E-state index contributed by atoms with van der Waals surface area (Å²) in [4.78, 5) is 0. The third-order valence-electron chi connectivity index (χ3n) is 2.89. The Labute approximate surface area is 90.3 Å². The average Bonchev–Trinajstić information content (AvgIpc) is 2.27. The quantitative estimate of drug-likeness (QED) is 0.682. The number of hydrogen-bond donors (Lipinski definition) is 0. The Bertz CT molecular complexity index is 280. The molecule has 1 unspecified atom stereocenters. The molecular formula is C13H18F2. The molecule has 2 heteroatoms. The van der Waals surface area contributed by atoms with Crippen molar-refractivity contribution in [3.63, 3.8) is 0 Å². The highest BCUT2D eigenvalue weighted by molar-refractivity contribution is 5.15. The van der Waals surface area contributed by atoms with Gasteiger partial charge in [-0.2, -0.15) is 0 Å². The molecule has 1 rings (SSSR count). The highest BCUT2D eigenvalue weighted by atomic mass is 19.3. The van der Waals surface area contributed by atoms with Crippen LogP contribution in [0.15, 0.2) is 30.3 Å². The molecular weight excluding hydrogens is 194 g/mol. The van der Waals surface area contributed by atoms with E-state index in [4.69, 9.17) is 0 Å². The molecule has 0 spiro atoms. The van der Waals surface area contributed by atoms with Crippen molar-refractivity contribution >= 4 is 0 Å². The van der Waals surface area contributed by atoms with Gasteiger partial charge in [0.1, 0.15) is 0 Å². The van der Waals surface area contributed by atoms with Gasteiger partial charge in [-0.05, 0) is 18.4 Å². The van der Waals surface area contributed by atoms with Crippen molar-refractivity contribution in [2.75, 3.05) is 0 Å². The molecule has 0 saturated carbocycles. The zero-order chi connectivity index (χ0) is 11.3. The predicted octanol–water partition coefficient (Wildman–Crippen LogP) is 4.30. The van der Waals surface area contributed by atoms with Gasteiger partial charge in [-0.25, -0.2) is 8.78 Å². The third kappa shape index (κ3) is 3.29. The van der Waals surface area contributed by atoms with Gasteiger partial charge in [-0.15, -0.1) is 0 Å². The summed E-state index contributed by atoms with van der Waals surface area (Å²) >= 11 is 0. The molecule has 0 heterocycles. The third-order valence-corrected chi connectivity index (χ3v) is 2.89. The van der Waals surface area contributed by atoms with E-state index >= 15 is 0 Å². The highest BCUT2D eigenvalue weighted by Crippen LogP contribution is 2.32. The second kappa shape index (κ2) is 5.24. The highest BCUT2D eigenvalue weighted by Gasteiger charge is 2.35. The average molecular weight is 212 g/mol. The number of hydrogen-bond acceptors (Lipinski definition) is 0. The van der Waals surface area contributed by atoms with Crippen LogP contribution >= 0.6 is 0 Å². The summed E-state index contributed by atoms with van der Waals surface area (Å²) in [5, 5.41) is 0. The molecule has 15 heavy (non-hydrogen) atoms. The van der Waals surface area contributed by atoms with Crippen LogP contribution in [0, 0.1) is 5.92 Å². The van der Waals surface area contributed by atoms with Crippen molar-refractivity contribution in [1.82, 2.24) is 0 Å². The lowest BCUT2D eigenvalue weighted by molar-refractivity contribution is -0.0624. The van der Waals surface area contributed by atoms with Crippen molar-refractivity contribution in [2.24, 2.45) is 5.92 Å². The summed E-state index contributed by atoms with van der Waals surface area (Å²) in [5.74, 6) is -3.07. The van der Waals surface area contributed by atoms with Crippen molar-refractivity contribution in [3.8, 4) is 0 Å². The first-order valence-corrected chi connectivity index (χ1v) is 5.52. The lowest BCUT2D eigenvalue weighted by Crippen LogP contribution is -2.28. The number of benzene rings is 1. The van der Waals surface area contributed by atoms with Gasteiger partial charge in [0.2, 0.25) is 0 Å². The Balaban J connectivity index is 2.70.